The first-order valence-electron chi connectivity index (χ1n) is 7.59. The lowest BCUT2D eigenvalue weighted by Crippen LogP contribution is -2.41. The molecule has 1 atom stereocenters. The Hall–Kier alpha value is -2.41. The molecule has 2 aromatic rings. The van der Waals surface area contributed by atoms with Crippen LogP contribution in [-0.2, 0) is 11.4 Å². The van der Waals surface area contributed by atoms with Crippen molar-refractivity contribution >= 4 is 23.2 Å². The zero-order valence-electron chi connectivity index (χ0n) is 13.6. The lowest BCUT2D eigenvalue weighted by Gasteiger charge is -2.16. The second-order valence-electron chi connectivity index (χ2n) is 5.79. The Balaban J connectivity index is 1.93. The number of nitrogens with one attached hydrogen (secondary N) is 1. The van der Waals surface area contributed by atoms with Crippen molar-refractivity contribution in [3.05, 3.63) is 46.4 Å². The van der Waals surface area contributed by atoms with Crippen LogP contribution in [0.1, 0.15) is 36.3 Å². The van der Waals surface area contributed by atoms with Gasteiger partial charge in [-0.2, -0.15) is 0 Å². The summed E-state index contributed by atoms with van der Waals surface area (Å²) in [6.07, 6.45) is 0.385. The van der Waals surface area contributed by atoms with Crippen molar-refractivity contribution in [1.82, 2.24) is 10.3 Å². The number of hydrogen-bond donors (Lipinski definition) is 2. The molecule has 0 aliphatic heterocycles. The Kier molecular flexibility index (Phi) is 6.31. The molecule has 0 aliphatic rings. The summed E-state index contributed by atoms with van der Waals surface area (Å²) in [7, 11) is 0. The summed E-state index contributed by atoms with van der Waals surface area (Å²) in [6, 6.07) is 5.69. The van der Waals surface area contributed by atoms with Crippen molar-refractivity contribution < 1.29 is 19.4 Å². The molecule has 0 unspecified atom stereocenters. The highest BCUT2D eigenvalue weighted by atomic mass is 32.1. The highest BCUT2D eigenvalue weighted by Gasteiger charge is 2.21. The zero-order chi connectivity index (χ0) is 17.5. The maximum atomic E-state index is 12.2. The highest BCUT2D eigenvalue weighted by molar-refractivity contribution is 7.07. The number of thiazole rings is 1. The number of rotatable bonds is 8. The minimum Gasteiger partial charge on any atom is -0.487 e. The van der Waals surface area contributed by atoms with Crippen molar-refractivity contribution in [1.29, 1.82) is 0 Å². The number of amides is 1. The average Bonchev–Trinajstić information content (AvgIpc) is 3.05. The molecule has 0 saturated carbocycles. The molecule has 0 aliphatic carbocycles. The van der Waals surface area contributed by atoms with Crippen LogP contribution in [-0.4, -0.2) is 28.0 Å². The third-order valence-electron chi connectivity index (χ3n) is 3.30. The van der Waals surface area contributed by atoms with E-state index < -0.39 is 17.9 Å². The number of carboxylic acids is 1. The van der Waals surface area contributed by atoms with E-state index >= 15 is 0 Å². The Labute approximate surface area is 144 Å². The topological polar surface area (TPSA) is 88.5 Å². The van der Waals surface area contributed by atoms with Crippen LogP contribution in [0.25, 0.3) is 0 Å². The van der Waals surface area contributed by atoms with Crippen LogP contribution in [0.15, 0.2) is 35.2 Å². The van der Waals surface area contributed by atoms with Crippen molar-refractivity contribution in [3.63, 3.8) is 0 Å². The van der Waals surface area contributed by atoms with E-state index in [2.05, 4.69) is 10.3 Å². The molecule has 6 nitrogen and oxygen atoms in total. The molecule has 1 aromatic heterocycles. The Bertz CT molecular complexity index is 668. The van der Waals surface area contributed by atoms with E-state index in [9.17, 15) is 14.7 Å². The van der Waals surface area contributed by atoms with E-state index in [0.29, 0.717) is 24.3 Å². The van der Waals surface area contributed by atoms with Gasteiger partial charge in [-0.15, -0.1) is 11.3 Å². The molecule has 0 fully saturated rings. The molecule has 128 valence electrons. The van der Waals surface area contributed by atoms with Crippen LogP contribution < -0.4 is 10.1 Å². The van der Waals surface area contributed by atoms with Gasteiger partial charge in [0.2, 0.25) is 0 Å². The third-order valence-corrected chi connectivity index (χ3v) is 3.93. The fourth-order valence-electron chi connectivity index (χ4n) is 2.10. The van der Waals surface area contributed by atoms with Gasteiger partial charge in [-0.05, 0) is 36.6 Å². The zero-order valence-corrected chi connectivity index (χ0v) is 14.4. The summed E-state index contributed by atoms with van der Waals surface area (Å²) in [5.41, 5.74) is 2.98. The van der Waals surface area contributed by atoms with E-state index in [4.69, 9.17) is 4.74 Å². The normalized spacial score (nSPS) is 12.0. The van der Waals surface area contributed by atoms with Gasteiger partial charge in [0, 0.05) is 10.9 Å². The van der Waals surface area contributed by atoms with E-state index in [-0.39, 0.29) is 5.92 Å². The molecule has 1 amide bonds. The number of benzene rings is 1. The molecule has 0 spiro atoms. The summed E-state index contributed by atoms with van der Waals surface area (Å²) < 4.78 is 5.58. The third kappa shape index (κ3) is 5.34. The van der Waals surface area contributed by atoms with Gasteiger partial charge in [0.1, 0.15) is 18.4 Å². The van der Waals surface area contributed by atoms with E-state index in [1.54, 1.807) is 29.8 Å². The fraction of sp³-hybridized carbons (Fsp3) is 0.353. The number of hydrogen-bond acceptors (Lipinski definition) is 5. The molecule has 2 rings (SSSR count). The first-order chi connectivity index (χ1) is 11.5. The smallest absolute Gasteiger partial charge is 0.326 e. The van der Waals surface area contributed by atoms with Gasteiger partial charge in [-0.1, -0.05) is 13.8 Å². The number of aromatic nitrogens is 1. The largest absolute Gasteiger partial charge is 0.487 e. The number of carboxylic acid groups (broad SMARTS) is 1. The molecule has 0 bridgehead atoms. The first-order valence-corrected chi connectivity index (χ1v) is 8.53. The van der Waals surface area contributed by atoms with Gasteiger partial charge >= 0.3 is 5.97 Å². The van der Waals surface area contributed by atoms with Crippen LogP contribution >= 0.6 is 11.3 Å². The van der Waals surface area contributed by atoms with Gasteiger partial charge < -0.3 is 15.2 Å². The lowest BCUT2D eigenvalue weighted by atomic mass is 10.0. The minimum atomic E-state index is -1.03. The van der Waals surface area contributed by atoms with Gasteiger partial charge in [0.15, 0.2) is 0 Å². The van der Waals surface area contributed by atoms with E-state index in [1.165, 1.54) is 11.3 Å². The average molecular weight is 348 g/mol. The molecule has 0 saturated heterocycles. The van der Waals surface area contributed by atoms with Crippen LogP contribution in [0.4, 0.5) is 0 Å². The molecule has 1 aromatic carbocycles. The van der Waals surface area contributed by atoms with E-state index in [0.717, 1.165) is 5.69 Å². The predicted octanol–water partition coefficient (Wildman–Crippen LogP) is 2.95. The Morgan fingerprint density at radius 2 is 2.00 bits per heavy atom. The van der Waals surface area contributed by atoms with Gasteiger partial charge in [-0.3, -0.25) is 4.79 Å². The van der Waals surface area contributed by atoms with Crippen molar-refractivity contribution in [2.24, 2.45) is 5.92 Å². The van der Waals surface area contributed by atoms with Crippen molar-refractivity contribution in [2.45, 2.75) is 32.9 Å². The predicted molar refractivity (Wildman–Crippen MR) is 91.2 cm³/mol. The van der Waals surface area contributed by atoms with Crippen LogP contribution in [0.2, 0.25) is 0 Å². The molecule has 2 N–H and O–H groups in total. The minimum absolute atomic E-state index is 0.174. The molecule has 1 heterocycles. The van der Waals surface area contributed by atoms with Gasteiger partial charge in [0.25, 0.3) is 5.91 Å². The first kappa shape index (κ1) is 17.9. The second kappa shape index (κ2) is 8.44. The molecular weight excluding hydrogens is 328 g/mol. The van der Waals surface area contributed by atoms with Gasteiger partial charge in [0.05, 0.1) is 11.2 Å². The monoisotopic (exact) mass is 348 g/mol. The van der Waals surface area contributed by atoms with Crippen molar-refractivity contribution in [2.75, 3.05) is 0 Å². The highest BCUT2D eigenvalue weighted by Crippen LogP contribution is 2.15. The van der Waals surface area contributed by atoms with E-state index in [1.807, 2.05) is 19.2 Å². The summed E-state index contributed by atoms with van der Waals surface area (Å²) in [6.45, 7) is 4.19. The molecular formula is C17H20N2O4S. The van der Waals surface area contributed by atoms with Crippen LogP contribution in [0.5, 0.6) is 5.75 Å². The Morgan fingerprint density at radius 1 is 1.29 bits per heavy atom. The number of nitrogens with zero attached hydrogens (tertiary/aromatic N) is 1. The summed E-state index contributed by atoms with van der Waals surface area (Å²) in [4.78, 5) is 27.5. The fourth-order valence-corrected chi connectivity index (χ4v) is 2.65. The number of carbonyl (C=O) groups excluding carboxylic acids is 1. The quantitative estimate of drug-likeness (QED) is 0.766. The summed E-state index contributed by atoms with van der Waals surface area (Å²) in [5.74, 6) is -0.640. The standard InChI is InChI=1S/C17H20N2O4S/c1-11(2)7-15(17(21)22)19-16(20)12-3-5-14(6-4-12)23-8-13-9-24-10-18-13/h3-6,9-11,15H,7-8H2,1-2H3,(H,19,20)(H,21,22)/t15-/m1/s1. The number of ether oxygens (including phenoxy) is 1. The summed E-state index contributed by atoms with van der Waals surface area (Å²) in [5, 5.41) is 13.6. The maximum Gasteiger partial charge on any atom is 0.326 e. The van der Waals surface area contributed by atoms with Crippen LogP contribution in [0, 0.1) is 5.92 Å². The summed E-state index contributed by atoms with van der Waals surface area (Å²) >= 11 is 1.50. The second-order valence-corrected chi connectivity index (χ2v) is 6.51. The lowest BCUT2D eigenvalue weighted by molar-refractivity contribution is -0.139. The molecule has 7 heteroatoms. The van der Waals surface area contributed by atoms with Gasteiger partial charge in [-0.25, -0.2) is 9.78 Å². The number of carbonyl (C=O) groups is 2. The Morgan fingerprint density at radius 3 is 2.54 bits per heavy atom. The van der Waals surface area contributed by atoms with Crippen molar-refractivity contribution in [3.8, 4) is 5.75 Å². The SMILES string of the molecule is CC(C)C[C@@H](NC(=O)c1ccc(OCc2cscn2)cc1)C(=O)O. The molecule has 0 radical (unpaired) electrons. The molecule has 24 heavy (non-hydrogen) atoms. The number of aliphatic carboxylic acids is 1. The van der Waals surface area contributed by atoms with Crippen LogP contribution in [0.3, 0.4) is 0 Å². The maximum absolute atomic E-state index is 12.2.